The minimum atomic E-state index is -0.875. The lowest BCUT2D eigenvalue weighted by atomic mass is 9.97. The van der Waals surface area contributed by atoms with E-state index in [4.69, 9.17) is 18.6 Å². The first-order chi connectivity index (χ1) is 19.7. The van der Waals surface area contributed by atoms with Gasteiger partial charge in [-0.3, -0.25) is 14.5 Å². The Morgan fingerprint density at radius 2 is 1.80 bits per heavy atom. The number of amides is 1. The van der Waals surface area contributed by atoms with Crippen LogP contribution < -0.4 is 19.8 Å². The topological polar surface area (TPSA) is 108 Å². The van der Waals surface area contributed by atoms with E-state index < -0.39 is 17.9 Å². The van der Waals surface area contributed by atoms with E-state index in [-0.39, 0.29) is 26.8 Å². The maximum absolute atomic E-state index is 14.1. The quantitative estimate of drug-likeness (QED) is 0.169. The van der Waals surface area contributed by atoms with Crippen LogP contribution in [0.25, 0.3) is 11.0 Å². The Morgan fingerprint density at radius 3 is 2.51 bits per heavy atom. The fourth-order valence-corrected chi connectivity index (χ4v) is 5.93. The second-order valence-corrected chi connectivity index (χ2v) is 10.9. The Kier molecular flexibility index (Phi) is 7.86. The predicted octanol–water partition coefficient (Wildman–Crippen LogP) is 6.29. The number of aryl methyl sites for hydroxylation is 3. The lowest BCUT2D eigenvalue weighted by molar-refractivity contribution is 0.0605. The summed E-state index contributed by atoms with van der Waals surface area (Å²) in [6.45, 7) is 10.4. The third-order valence-electron chi connectivity index (χ3n) is 7.19. The van der Waals surface area contributed by atoms with Crippen molar-refractivity contribution in [3.63, 3.8) is 0 Å². The van der Waals surface area contributed by atoms with E-state index in [1.165, 1.54) is 12.0 Å². The number of ether oxygens (including phenoxy) is 3. The maximum atomic E-state index is 14.1. The van der Waals surface area contributed by atoms with Crippen molar-refractivity contribution in [1.29, 1.82) is 0 Å². The van der Waals surface area contributed by atoms with Crippen LogP contribution >= 0.6 is 11.3 Å². The van der Waals surface area contributed by atoms with Crippen molar-refractivity contribution in [1.82, 2.24) is 4.98 Å². The van der Waals surface area contributed by atoms with Crippen molar-refractivity contribution in [2.75, 3.05) is 25.2 Å². The zero-order valence-electron chi connectivity index (χ0n) is 24.0. The van der Waals surface area contributed by atoms with E-state index in [1.807, 2.05) is 26.8 Å². The van der Waals surface area contributed by atoms with Gasteiger partial charge in [0.05, 0.1) is 43.0 Å². The first-order valence-corrected chi connectivity index (χ1v) is 14.4. The summed E-state index contributed by atoms with van der Waals surface area (Å²) in [6.07, 6.45) is 1.88. The lowest BCUT2D eigenvalue weighted by Gasteiger charge is -2.23. The summed E-state index contributed by atoms with van der Waals surface area (Å²) < 4.78 is 22.9. The molecule has 214 valence electrons. The number of fused-ring (bicyclic) bond motifs is 2. The van der Waals surface area contributed by atoms with Crippen LogP contribution in [0.5, 0.6) is 11.5 Å². The summed E-state index contributed by atoms with van der Waals surface area (Å²) in [4.78, 5) is 46.7. The second-order valence-electron chi connectivity index (χ2n) is 9.93. The summed E-state index contributed by atoms with van der Waals surface area (Å²) >= 11 is 1.03. The number of aromatic nitrogens is 1. The van der Waals surface area contributed by atoms with Crippen LogP contribution in [-0.2, 0) is 4.74 Å². The van der Waals surface area contributed by atoms with Crippen molar-refractivity contribution < 1.29 is 28.2 Å². The van der Waals surface area contributed by atoms with Crippen LogP contribution in [0, 0.1) is 20.8 Å². The van der Waals surface area contributed by atoms with Gasteiger partial charge in [-0.2, -0.15) is 0 Å². The minimum absolute atomic E-state index is 0.0514. The number of thiazole rings is 1. The fourth-order valence-electron chi connectivity index (χ4n) is 4.92. The van der Waals surface area contributed by atoms with E-state index in [0.717, 1.165) is 35.3 Å². The van der Waals surface area contributed by atoms with E-state index in [9.17, 15) is 14.4 Å². The molecule has 0 N–H and O–H groups in total. The lowest BCUT2D eigenvalue weighted by Crippen LogP contribution is -2.29. The number of benzene rings is 2. The Balaban J connectivity index is 1.74. The van der Waals surface area contributed by atoms with Gasteiger partial charge in [-0.25, -0.2) is 9.78 Å². The van der Waals surface area contributed by atoms with Gasteiger partial charge >= 0.3 is 5.97 Å². The summed E-state index contributed by atoms with van der Waals surface area (Å²) in [5, 5.41) is 0.642. The number of rotatable bonds is 9. The largest absolute Gasteiger partial charge is 0.490 e. The number of carbonyl (C=O) groups excluding carboxylic acids is 2. The first kappa shape index (κ1) is 28.4. The van der Waals surface area contributed by atoms with Crippen LogP contribution in [0.3, 0.4) is 0 Å². The van der Waals surface area contributed by atoms with E-state index in [1.54, 1.807) is 31.2 Å². The highest BCUT2D eigenvalue weighted by Gasteiger charge is 2.45. The average Bonchev–Trinajstić information content (AvgIpc) is 3.47. The molecule has 0 saturated carbocycles. The van der Waals surface area contributed by atoms with Crippen molar-refractivity contribution >= 4 is 39.3 Å². The fraction of sp³-hybridized carbons (Fsp3) is 0.355. The molecule has 0 aliphatic carbocycles. The summed E-state index contributed by atoms with van der Waals surface area (Å²) in [5.74, 6) is -0.0397. The normalized spacial score (nSPS) is 14.4. The third-order valence-corrected chi connectivity index (χ3v) is 8.32. The summed E-state index contributed by atoms with van der Waals surface area (Å²) in [6, 6.07) is 8.08. The molecule has 10 heteroatoms. The number of unbranched alkanes of at least 4 members (excludes halogenated alkanes) is 1. The minimum Gasteiger partial charge on any atom is -0.490 e. The number of nitrogens with zero attached hydrogens (tertiary/aromatic N) is 2. The molecule has 1 aliphatic heterocycles. The van der Waals surface area contributed by atoms with Gasteiger partial charge in [0.1, 0.15) is 10.5 Å². The molecule has 1 unspecified atom stereocenters. The van der Waals surface area contributed by atoms with Gasteiger partial charge in [0.25, 0.3) is 5.91 Å². The first-order valence-electron chi connectivity index (χ1n) is 13.6. The van der Waals surface area contributed by atoms with Gasteiger partial charge < -0.3 is 18.6 Å². The van der Waals surface area contributed by atoms with E-state index in [2.05, 4.69) is 11.9 Å². The molecule has 0 fully saturated rings. The van der Waals surface area contributed by atoms with Gasteiger partial charge in [0.15, 0.2) is 22.1 Å². The third kappa shape index (κ3) is 4.97. The van der Waals surface area contributed by atoms with E-state index in [0.29, 0.717) is 46.9 Å². The molecule has 9 nitrogen and oxygen atoms in total. The zero-order chi connectivity index (χ0) is 29.4. The van der Waals surface area contributed by atoms with Gasteiger partial charge in [0.2, 0.25) is 5.76 Å². The van der Waals surface area contributed by atoms with Gasteiger partial charge in [-0.05, 0) is 75.1 Å². The second kappa shape index (κ2) is 11.4. The van der Waals surface area contributed by atoms with Gasteiger partial charge in [-0.15, -0.1) is 0 Å². The van der Waals surface area contributed by atoms with Crippen LogP contribution in [-0.4, -0.2) is 37.2 Å². The SMILES string of the molecule is CCCCOc1ccc(C2c3c(oc4cc(C)c(C)cc4c3=O)C(=O)N2c2nc(C)c(C(=O)OC)s2)cc1OCC. The molecule has 1 amide bonds. The van der Waals surface area contributed by atoms with Crippen LogP contribution in [0.4, 0.5) is 5.13 Å². The van der Waals surface area contributed by atoms with Crippen molar-refractivity contribution in [3.8, 4) is 11.5 Å². The molecule has 2 aromatic heterocycles. The van der Waals surface area contributed by atoms with E-state index >= 15 is 0 Å². The molecule has 1 atom stereocenters. The average molecular weight is 577 g/mol. The van der Waals surface area contributed by atoms with Crippen LogP contribution in [0.2, 0.25) is 0 Å². The number of anilines is 1. The Morgan fingerprint density at radius 1 is 1.05 bits per heavy atom. The molecule has 4 aromatic rings. The standard InChI is InChI=1S/C31H32N2O7S/c1-7-9-12-39-21-11-10-19(15-23(21)38-8-2)25-24-26(34)20-13-16(3)17(4)14-22(20)40-27(24)29(35)33(25)31-32-18(5)28(41-31)30(36)37-6/h10-11,13-15,25H,7-9,12H2,1-6H3. The Labute approximate surface area is 241 Å². The highest BCUT2D eigenvalue weighted by atomic mass is 32.1. The van der Waals surface area contributed by atoms with Gasteiger partial charge in [-0.1, -0.05) is 30.7 Å². The zero-order valence-corrected chi connectivity index (χ0v) is 24.8. The highest BCUT2D eigenvalue weighted by Crippen LogP contribution is 2.45. The molecule has 41 heavy (non-hydrogen) atoms. The molecule has 0 spiro atoms. The molecule has 0 saturated heterocycles. The molecular formula is C31H32N2O7S. The van der Waals surface area contributed by atoms with Crippen molar-refractivity contribution in [2.45, 2.75) is 53.5 Å². The molecule has 5 rings (SSSR count). The van der Waals surface area contributed by atoms with Crippen molar-refractivity contribution in [3.05, 3.63) is 79.1 Å². The smallest absolute Gasteiger partial charge is 0.350 e. The Bertz CT molecular complexity index is 1720. The maximum Gasteiger partial charge on any atom is 0.350 e. The monoisotopic (exact) mass is 576 g/mol. The number of hydrogen-bond donors (Lipinski definition) is 0. The van der Waals surface area contributed by atoms with Gasteiger partial charge in [0, 0.05) is 0 Å². The molecule has 3 heterocycles. The summed E-state index contributed by atoms with van der Waals surface area (Å²) in [5.41, 5.74) is 3.17. The van der Waals surface area contributed by atoms with Crippen LogP contribution in [0.1, 0.15) is 80.9 Å². The molecule has 2 aromatic carbocycles. The number of hydrogen-bond acceptors (Lipinski definition) is 9. The molecular weight excluding hydrogens is 544 g/mol. The molecule has 0 radical (unpaired) electrons. The van der Waals surface area contributed by atoms with Crippen LogP contribution in [0.15, 0.2) is 39.5 Å². The highest BCUT2D eigenvalue weighted by molar-refractivity contribution is 7.17. The molecule has 0 bridgehead atoms. The predicted molar refractivity (Wildman–Crippen MR) is 157 cm³/mol. The Hall–Kier alpha value is -4.18. The number of esters is 1. The van der Waals surface area contributed by atoms with Crippen molar-refractivity contribution in [2.24, 2.45) is 0 Å². The number of methoxy groups -OCH3 is 1. The number of carbonyl (C=O) groups is 2. The molecule has 1 aliphatic rings. The summed E-state index contributed by atoms with van der Waals surface area (Å²) in [7, 11) is 1.29.